The molecule has 0 aromatic heterocycles. The molecule has 5 heteroatoms. The molecule has 1 heterocycles. The third-order valence-electron chi connectivity index (χ3n) is 3.96. The molecule has 0 saturated carbocycles. The van der Waals surface area contributed by atoms with Crippen LogP contribution in [0.4, 0.5) is 0 Å². The highest BCUT2D eigenvalue weighted by molar-refractivity contribution is 7.89. The molecule has 1 aromatic carbocycles. The molecular formula is C15H23NO3S. The van der Waals surface area contributed by atoms with Crippen LogP contribution in [0.1, 0.15) is 24.8 Å². The van der Waals surface area contributed by atoms with E-state index in [1.54, 1.807) is 23.5 Å². The van der Waals surface area contributed by atoms with Crippen LogP contribution in [0.15, 0.2) is 29.2 Å². The Kier molecular flexibility index (Phi) is 5.18. The number of methoxy groups -OCH3 is 1. The molecular weight excluding hydrogens is 274 g/mol. The summed E-state index contributed by atoms with van der Waals surface area (Å²) in [6, 6.07) is 7.08. The summed E-state index contributed by atoms with van der Waals surface area (Å²) in [6.45, 7) is 3.95. The molecule has 20 heavy (non-hydrogen) atoms. The molecule has 2 rings (SSSR count). The number of benzene rings is 1. The first-order chi connectivity index (χ1) is 9.54. The van der Waals surface area contributed by atoms with Crippen LogP contribution in [0, 0.1) is 12.8 Å². The van der Waals surface area contributed by atoms with E-state index >= 15 is 0 Å². The van der Waals surface area contributed by atoms with Crippen molar-refractivity contribution < 1.29 is 13.2 Å². The van der Waals surface area contributed by atoms with Gasteiger partial charge in [-0.1, -0.05) is 17.7 Å². The largest absolute Gasteiger partial charge is 0.385 e. The summed E-state index contributed by atoms with van der Waals surface area (Å²) in [6.07, 6.45) is 2.87. The predicted molar refractivity (Wildman–Crippen MR) is 79.2 cm³/mol. The van der Waals surface area contributed by atoms with Gasteiger partial charge in [-0.25, -0.2) is 8.42 Å². The van der Waals surface area contributed by atoms with Gasteiger partial charge in [0.1, 0.15) is 0 Å². The van der Waals surface area contributed by atoms with Gasteiger partial charge < -0.3 is 4.74 Å². The fourth-order valence-electron chi connectivity index (χ4n) is 2.58. The minimum absolute atomic E-state index is 0.401. The topological polar surface area (TPSA) is 46.6 Å². The lowest BCUT2D eigenvalue weighted by molar-refractivity contribution is 0.158. The Labute approximate surface area is 121 Å². The first-order valence-electron chi connectivity index (χ1n) is 7.10. The van der Waals surface area contributed by atoms with E-state index in [0.29, 0.717) is 23.9 Å². The third kappa shape index (κ3) is 3.59. The monoisotopic (exact) mass is 297 g/mol. The second-order valence-electron chi connectivity index (χ2n) is 5.44. The Morgan fingerprint density at radius 2 is 1.80 bits per heavy atom. The van der Waals surface area contributed by atoms with E-state index < -0.39 is 10.0 Å². The number of hydrogen-bond donors (Lipinski definition) is 0. The Bertz CT molecular complexity index is 517. The molecule has 0 spiro atoms. The highest BCUT2D eigenvalue weighted by atomic mass is 32.2. The predicted octanol–water partition coefficient (Wildman–Crippen LogP) is 2.43. The smallest absolute Gasteiger partial charge is 0.243 e. The third-order valence-corrected chi connectivity index (χ3v) is 5.88. The quantitative estimate of drug-likeness (QED) is 0.838. The Morgan fingerprint density at radius 1 is 1.20 bits per heavy atom. The summed E-state index contributed by atoms with van der Waals surface area (Å²) < 4.78 is 31.7. The Morgan fingerprint density at radius 3 is 2.35 bits per heavy atom. The normalized spacial score (nSPS) is 18.3. The van der Waals surface area contributed by atoms with Gasteiger partial charge in [-0.2, -0.15) is 4.31 Å². The number of ether oxygens (including phenoxy) is 1. The average Bonchev–Trinajstić information content (AvgIpc) is 2.46. The van der Waals surface area contributed by atoms with Gasteiger partial charge in [-0.3, -0.25) is 0 Å². The van der Waals surface area contributed by atoms with E-state index in [-0.39, 0.29) is 0 Å². The number of piperidine rings is 1. The lowest BCUT2D eigenvalue weighted by Crippen LogP contribution is -2.38. The molecule has 112 valence electrons. The highest BCUT2D eigenvalue weighted by Gasteiger charge is 2.28. The lowest BCUT2D eigenvalue weighted by Gasteiger charge is -2.31. The molecule has 0 amide bonds. The molecule has 1 aromatic rings. The van der Waals surface area contributed by atoms with Crippen LogP contribution >= 0.6 is 0 Å². The lowest BCUT2D eigenvalue weighted by atomic mass is 9.95. The van der Waals surface area contributed by atoms with Gasteiger partial charge in [0.2, 0.25) is 10.0 Å². The van der Waals surface area contributed by atoms with Gasteiger partial charge in [0.25, 0.3) is 0 Å². The summed E-state index contributed by atoms with van der Waals surface area (Å²) in [4.78, 5) is 0.401. The van der Waals surface area contributed by atoms with E-state index in [2.05, 4.69) is 0 Å². The Balaban J connectivity index is 2.00. The molecule has 0 radical (unpaired) electrons. The van der Waals surface area contributed by atoms with Crippen molar-refractivity contribution in [2.45, 2.75) is 31.1 Å². The maximum atomic E-state index is 12.5. The zero-order valence-electron chi connectivity index (χ0n) is 12.2. The van der Waals surface area contributed by atoms with Crippen molar-refractivity contribution >= 4 is 10.0 Å². The maximum absolute atomic E-state index is 12.5. The van der Waals surface area contributed by atoms with Crippen LogP contribution in [0.5, 0.6) is 0 Å². The summed E-state index contributed by atoms with van der Waals surface area (Å²) >= 11 is 0. The van der Waals surface area contributed by atoms with Gasteiger partial charge in [0, 0.05) is 26.8 Å². The fourth-order valence-corrected chi connectivity index (χ4v) is 4.05. The van der Waals surface area contributed by atoms with Crippen molar-refractivity contribution in [1.82, 2.24) is 4.31 Å². The van der Waals surface area contributed by atoms with E-state index in [4.69, 9.17) is 4.74 Å². The van der Waals surface area contributed by atoms with Crippen LogP contribution in [0.2, 0.25) is 0 Å². The second-order valence-corrected chi connectivity index (χ2v) is 7.38. The minimum atomic E-state index is -3.32. The van der Waals surface area contributed by atoms with Crippen molar-refractivity contribution in [1.29, 1.82) is 0 Å². The fraction of sp³-hybridized carbons (Fsp3) is 0.600. The van der Waals surface area contributed by atoms with E-state index in [9.17, 15) is 8.42 Å². The van der Waals surface area contributed by atoms with Gasteiger partial charge in [0.15, 0.2) is 0 Å². The Hall–Kier alpha value is -0.910. The summed E-state index contributed by atoms with van der Waals surface area (Å²) in [7, 11) is -1.62. The zero-order chi connectivity index (χ0) is 14.6. The molecule has 1 aliphatic heterocycles. The van der Waals surface area contributed by atoms with E-state index in [0.717, 1.165) is 31.4 Å². The number of aryl methyl sites for hydroxylation is 1. The first kappa shape index (κ1) is 15.5. The summed E-state index contributed by atoms with van der Waals surface area (Å²) in [5.74, 6) is 0.583. The number of sulfonamides is 1. The van der Waals surface area contributed by atoms with Crippen molar-refractivity contribution in [2.24, 2.45) is 5.92 Å². The zero-order valence-corrected chi connectivity index (χ0v) is 13.0. The van der Waals surface area contributed by atoms with Crippen LogP contribution in [0.25, 0.3) is 0 Å². The number of hydrogen-bond acceptors (Lipinski definition) is 3. The molecule has 1 fully saturated rings. The molecule has 0 unspecified atom stereocenters. The summed E-state index contributed by atoms with van der Waals surface area (Å²) in [5, 5.41) is 0. The van der Waals surface area contributed by atoms with E-state index in [1.165, 1.54) is 0 Å². The molecule has 4 nitrogen and oxygen atoms in total. The molecule has 0 atom stereocenters. The molecule has 0 aliphatic carbocycles. The van der Waals surface area contributed by atoms with Crippen LogP contribution in [-0.4, -0.2) is 39.5 Å². The summed E-state index contributed by atoms with van der Waals surface area (Å²) in [5.41, 5.74) is 1.07. The average molecular weight is 297 g/mol. The minimum Gasteiger partial charge on any atom is -0.385 e. The van der Waals surface area contributed by atoms with Gasteiger partial charge in [0.05, 0.1) is 4.90 Å². The van der Waals surface area contributed by atoms with Crippen LogP contribution in [0.3, 0.4) is 0 Å². The molecule has 0 bridgehead atoms. The highest BCUT2D eigenvalue weighted by Crippen LogP contribution is 2.25. The van der Waals surface area contributed by atoms with Gasteiger partial charge in [-0.05, 0) is 44.2 Å². The van der Waals surface area contributed by atoms with Crippen LogP contribution in [-0.2, 0) is 14.8 Å². The van der Waals surface area contributed by atoms with Crippen LogP contribution < -0.4 is 0 Å². The van der Waals surface area contributed by atoms with E-state index in [1.807, 2.05) is 19.1 Å². The van der Waals surface area contributed by atoms with Crippen molar-refractivity contribution in [2.75, 3.05) is 26.8 Å². The number of rotatable bonds is 5. The molecule has 1 saturated heterocycles. The second kappa shape index (κ2) is 6.70. The standard InChI is InChI=1S/C15H23NO3S/c1-13-3-5-15(6-4-13)20(17,18)16-10-7-14(8-11-16)9-12-19-2/h3-6,14H,7-12H2,1-2H3. The maximum Gasteiger partial charge on any atom is 0.243 e. The van der Waals surface area contributed by atoms with Crippen molar-refractivity contribution in [3.63, 3.8) is 0 Å². The number of nitrogens with zero attached hydrogens (tertiary/aromatic N) is 1. The van der Waals surface area contributed by atoms with Gasteiger partial charge >= 0.3 is 0 Å². The first-order valence-corrected chi connectivity index (χ1v) is 8.54. The van der Waals surface area contributed by atoms with Gasteiger partial charge in [-0.15, -0.1) is 0 Å². The molecule has 0 N–H and O–H groups in total. The van der Waals surface area contributed by atoms with Crippen molar-refractivity contribution in [3.8, 4) is 0 Å². The van der Waals surface area contributed by atoms with Crippen molar-refractivity contribution in [3.05, 3.63) is 29.8 Å². The molecule has 1 aliphatic rings. The SMILES string of the molecule is COCCC1CCN(S(=O)(=O)c2ccc(C)cc2)CC1.